The SMILES string of the molecule is CC(=O)C=C(C)C.Cc1cc(C)c(Oc2c(C)cc(C)cc2C)c(C)c1. The predicted octanol–water partition coefficient (Wildman–Crippen LogP) is 6.87. The Labute approximate surface area is 158 Å². The van der Waals surface area contributed by atoms with E-state index in [0.717, 1.165) is 17.1 Å². The molecule has 0 radical (unpaired) electrons. The van der Waals surface area contributed by atoms with Gasteiger partial charge in [0.2, 0.25) is 0 Å². The summed E-state index contributed by atoms with van der Waals surface area (Å²) in [6.45, 7) is 18.0. The monoisotopic (exact) mass is 352 g/mol. The van der Waals surface area contributed by atoms with E-state index < -0.39 is 0 Å². The van der Waals surface area contributed by atoms with Crippen molar-refractivity contribution in [3.05, 3.63) is 69.3 Å². The van der Waals surface area contributed by atoms with Crippen molar-refractivity contribution in [3.8, 4) is 11.5 Å². The molecule has 0 aliphatic carbocycles. The molecule has 0 heterocycles. The summed E-state index contributed by atoms with van der Waals surface area (Å²) >= 11 is 0. The second kappa shape index (κ2) is 9.38. The Morgan fingerprint density at radius 1 is 0.692 bits per heavy atom. The quantitative estimate of drug-likeness (QED) is 0.563. The minimum atomic E-state index is 0.125. The van der Waals surface area contributed by atoms with Gasteiger partial charge in [-0.1, -0.05) is 41.0 Å². The molecule has 0 amide bonds. The number of benzene rings is 2. The summed E-state index contributed by atoms with van der Waals surface area (Å²) in [5.74, 6) is 2.10. The lowest BCUT2D eigenvalue weighted by molar-refractivity contribution is -0.112. The van der Waals surface area contributed by atoms with E-state index in [4.69, 9.17) is 4.74 Å². The highest BCUT2D eigenvalue weighted by Gasteiger charge is 2.10. The lowest BCUT2D eigenvalue weighted by atomic mass is 10.0. The standard InChI is InChI=1S/C18H22O.C6H10O/c1-11-7-13(3)17(14(4)8-11)19-18-15(5)9-12(2)10-16(18)6;1-5(2)4-6(3)7/h7-10H,1-6H3;4H,1-3H3. The van der Waals surface area contributed by atoms with Gasteiger partial charge in [-0.3, -0.25) is 4.79 Å². The van der Waals surface area contributed by atoms with E-state index in [1.807, 2.05) is 13.8 Å². The Kier molecular flexibility index (Phi) is 7.82. The normalized spacial score (nSPS) is 9.88. The first kappa shape index (κ1) is 21.7. The van der Waals surface area contributed by atoms with Crippen LogP contribution in [-0.4, -0.2) is 5.78 Å². The summed E-state index contributed by atoms with van der Waals surface area (Å²) in [5.41, 5.74) is 8.38. The zero-order valence-electron chi connectivity index (χ0n) is 17.7. The molecule has 0 saturated carbocycles. The third-order valence-corrected chi connectivity index (χ3v) is 3.91. The van der Waals surface area contributed by atoms with Gasteiger partial charge in [0.1, 0.15) is 11.5 Å². The number of hydrogen-bond acceptors (Lipinski definition) is 2. The third-order valence-electron chi connectivity index (χ3n) is 3.91. The molecule has 0 spiro atoms. The summed E-state index contributed by atoms with van der Waals surface area (Å²) in [4.78, 5) is 10.2. The number of aryl methyl sites for hydroxylation is 6. The molecule has 140 valence electrons. The van der Waals surface area contributed by atoms with Crippen molar-refractivity contribution < 1.29 is 9.53 Å². The zero-order chi connectivity index (χ0) is 20.0. The van der Waals surface area contributed by atoms with Gasteiger partial charge in [-0.05, 0) is 90.6 Å². The molecule has 0 fully saturated rings. The minimum absolute atomic E-state index is 0.125. The van der Waals surface area contributed by atoms with Crippen molar-refractivity contribution in [2.75, 3.05) is 0 Å². The van der Waals surface area contributed by atoms with Gasteiger partial charge in [-0.2, -0.15) is 0 Å². The van der Waals surface area contributed by atoms with Gasteiger partial charge in [0, 0.05) is 0 Å². The second-order valence-electron chi connectivity index (χ2n) is 7.39. The molecule has 0 N–H and O–H groups in total. The van der Waals surface area contributed by atoms with Gasteiger partial charge in [-0.15, -0.1) is 0 Å². The zero-order valence-corrected chi connectivity index (χ0v) is 17.7. The number of ketones is 1. The number of hydrogen-bond donors (Lipinski definition) is 0. The molecule has 0 aliphatic heterocycles. The number of allylic oxidation sites excluding steroid dienone is 2. The molecule has 2 aromatic rings. The van der Waals surface area contributed by atoms with Gasteiger partial charge in [0.15, 0.2) is 5.78 Å². The number of ether oxygens (including phenoxy) is 1. The molecule has 2 rings (SSSR count). The molecule has 2 aromatic carbocycles. The van der Waals surface area contributed by atoms with E-state index in [9.17, 15) is 4.79 Å². The Balaban J connectivity index is 0.000000412. The first-order valence-electron chi connectivity index (χ1n) is 9.00. The largest absolute Gasteiger partial charge is 0.456 e. The fourth-order valence-electron chi connectivity index (χ4n) is 3.16. The van der Waals surface area contributed by atoms with Gasteiger partial charge in [0.05, 0.1) is 0 Å². The van der Waals surface area contributed by atoms with Crippen LogP contribution in [0.5, 0.6) is 11.5 Å². The van der Waals surface area contributed by atoms with Crippen LogP contribution in [0.15, 0.2) is 35.9 Å². The molecule has 26 heavy (non-hydrogen) atoms. The van der Waals surface area contributed by atoms with Crippen LogP contribution in [0.25, 0.3) is 0 Å². The summed E-state index contributed by atoms with van der Waals surface area (Å²) in [6, 6.07) is 8.67. The smallest absolute Gasteiger partial charge is 0.152 e. The van der Waals surface area contributed by atoms with Crippen molar-refractivity contribution in [3.63, 3.8) is 0 Å². The minimum Gasteiger partial charge on any atom is -0.456 e. The van der Waals surface area contributed by atoms with Crippen molar-refractivity contribution >= 4 is 5.78 Å². The lowest BCUT2D eigenvalue weighted by Gasteiger charge is -2.17. The first-order chi connectivity index (χ1) is 12.0. The maximum atomic E-state index is 10.2. The molecule has 0 aliphatic rings. The van der Waals surface area contributed by atoms with E-state index in [1.54, 1.807) is 13.0 Å². The van der Waals surface area contributed by atoms with Crippen LogP contribution in [-0.2, 0) is 4.79 Å². The molecule has 0 bridgehead atoms. The van der Waals surface area contributed by atoms with Gasteiger partial charge in [0.25, 0.3) is 0 Å². The third kappa shape index (κ3) is 6.51. The van der Waals surface area contributed by atoms with E-state index in [0.29, 0.717) is 0 Å². The summed E-state index contributed by atoms with van der Waals surface area (Å²) in [7, 11) is 0. The highest BCUT2D eigenvalue weighted by Crippen LogP contribution is 2.34. The van der Waals surface area contributed by atoms with Gasteiger partial charge in [-0.25, -0.2) is 0 Å². The van der Waals surface area contributed by atoms with E-state index in [-0.39, 0.29) is 5.78 Å². The second-order valence-corrected chi connectivity index (χ2v) is 7.39. The fraction of sp³-hybridized carbons (Fsp3) is 0.375. The molecular weight excluding hydrogens is 320 g/mol. The van der Waals surface area contributed by atoms with Crippen LogP contribution in [0.3, 0.4) is 0 Å². The summed E-state index contributed by atoms with van der Waals surface area (Å²) in [6.07, 6.45) is 1.61. The molecule has 0 aromatic heterocycles. The average molecular weight is 353 g/mol. The highest BCUT2D eigenvalue weighted by molar-refractivity contribution is 5.87. The van der Waals surface area contributed by atoms with Gasteiger partial charge >= 0.3 is 0 Å². The lowest BCUT2D eigenvalue weighted by Crippen LogP contribution is -1.96. The van der Waals surface area contributed by atoms with E-state index in [1.165, 1.54) is 33.4 Å². The Morgan fingerprint density at radius 3 is 1.19 bits per heavy atom. The van der Waals surface area contributed by atoms with Crippen LogP contribution < -0.4 is 4.74 Å². The van der Waals surface area contributed by atoms with Crippen molar-refractivity contribution in [1.82, 2.24) is 0 Å². The van der Waals surface area contributed by atoms with Crippen molar-refractivity contribution in [1.29, 1.82) is 0 Å². The van der Waals surface area contributed by atoms with Gasteiger partial charge < -0.3 is 4.74 Å². The molecule has 2 heteroatoms. The van der Waals surface area contributed by atoms with Crippen LogP contribution in [0.4, 0.5) is 0 Å². The molecule has 2 nitrogen and oxygen atoms in total. The highest BCUT2D eigenvalue weighted by atomic mass is 16.5. The van der Waals surface area contributed by atoms with Crippen LogP contribution in [0.2, 0.25) is 0 Å². The Morgan fingerprint density at radius 2 is 1.00 bits per heavy atom. The van der Waals surface area contributed by atoms with Crippen molar-refractivity contribution in [2.24, 2.45) is 0 Å². The predicted molar refractivity (Wildman–Crippen MR) is 111 cm³/mol. The van der Waals surface area contributed by atoms with E-state index >= 15 is 0 Å². The fourth-order valence-corrected chi connectivity index (χ4v) is 3.16. The molecule has 0 atom stereocenters. The number of carbonyl (C=O) groups excluding carboxylic acids is 1. The maximum Gasteiger partial charge on any atom is 0.152 e. The Hall–Kier alpha value is -2.35. The van der Waals surface area contributed by atoms with E-state index in [2.05, 4.69) is 65.8 Å². The van der Waals surface area contributed by atoms with Crippen molar-refractivity contribution in [2.45, 2.75) is 62.3 Å². The number of rotatable bonds is 3. The Bertz CT molecular complexity index is 721. The summed E-state index contributed by atoms with van der Waals surface area (Å²) in [5, 5.41) is 0. The van der Waals surface area contributed by atoms with Crippen LogP contribution in [0, 0.1) is 41.5 Å². The average Bonchev–Trinajstić information content (AvgIpc) is 2.43. The summed E-state index contributed by atoms with van der Waals surface area (Å²) < 4.78 is 6.21. The molecule has 0 unspecified atom stereocenters. The van der Waals surface area contributed by atoms with Crippen LogP contribution in [0.1, 0.15) is 54.2 Å². The first-order valence-corrected chi connectivity index (χ1v) is 9.00. The van der Waals surface area contributed by atoms with Crippen LogP contribution >= 0.6 is 0 Å². The number of carbonyl (C=O) groups is 1. The topological polar surface area (TPSA) is 26.3 Å². The molecular formula is C24H32O2. The molecule has 0 saturated heterocycles. The maximum absolute atomic E-state index is 10.2.